The van der Waals surface area contributed by atoms with Gasteiger partial charge >= 0.3 is 12.0 Å². The number of hydrogen-bond donors (Lipinski definition) is 3. The third kappa shape index (κ3) is 4.79. The third-order valence-electron chi connectivity index (χ3n) is 2.68. The smallest absolute Gasteiger partial charge is 0.319 e. The number of anilines is 2. The van der Waals surface area contributed by atoms with E-state index in [1.165, 1.54) is 0 Å². The molecule has 6 nitrogen and oxygen atoms in total. The fraction of sp³-hybridized carbons (Fsp3) is 0.429. The molecule has 6 heteroatoms. The first-order valence-corrected chi connectivity index (χ1v) is 6.28. The van der Waals surface area contributed by atoms with Crippen LogP contribution in [0.1, 0.15) is 20.3 Å². The van der Waals surface area contributed by atoms with Gasteiger partial charge in [-0.05, 0) is 26.0 Å². The lowest BCUT2D eigenvalue weighted by atomic mass is 10.0. The number of amides is 2. The maximum atomic E-state index is 12.0. The number of carbonyl (C=O) groups is 2. The van der Waals surface area contributed by atoms with Gasteiger partial charge in [-0.1, -0.05) is 12.1 Å². The Morgan fingerprint density at radius 1 is 1.25 bits per heavy atom. The van der Waals surface area contributed by atoms with E-state index in [2.05, 4.69) is 10.6 Å². The maximum Gasteiger partial charge on any atom is 0.319 e. The topological polar surface area (TPSA) is 81.7 Å². The number of aliphatic carboxylic acids is 1. The van der Waals surface area contributed by atoms with Crippen LogP contribution in [0.2, 0.25) is 0 Å². The molecule has 1 aromatic rings. The van der Waals surface area contributed by atoms with Crippen molar-refractivity contribution in [3.63, 3.8) is 0 Å². The molecular weight excluding hydrogens is 258 g/mol. The average molecular weight is 279 g/mol. The molecule has 20 heavy (non-hydrogen) atoms. The number of hydrogen-bond acceptors (Lipinski definition) is 3. The lowest BCUT2D eigenvalue weighted by Crippen LogP contribution is -2.46. The Hall–Kier alpha value is -2.24. The van der Waals surface area contributed by atoms with Crippen LogP contribution in [-0.4, -0.2) is 36.7 Å². The molecule has 1 rings (SSSR count). The van der Waals surface area contributed by atoms with Crippen molar-refractivity contribution >= 4 is 23.4 Å². The number of benzene rings is 1. The standard InChI is InChI=1S/C14H21N3O3/c1-14(2,9-12(18)19)16-13(20)15-10-7-5-6-8-11(10)17(3)4/h5-8H,9H2,1-4H3,(H,18,19)(H2,15,16,20). The zero-order chi connectivity index (χ0) is 15.3. The molecule has 0 aliphatic rings. The fourth-order valence-electron chi connectivity index (χ4n) is 1.85. The summed E-state index contributed by atoms with van der Waals surface area (Å²) in [4.78, 5) is 24.6. The number of carboxylic acid groups (broad SMARTS) is 1. The van der Waals surface area contributed by atoms with Crippen molar-refractivity contribution in [2.45, 2.75) is 25.8 Å². The highest BCUT2D eigenvalue weighted by molar-refractivity contribution is 5.93. The summed E-state index contributed by atoms with van der Waals surface area (Å²) in [7, 11) is 3.76. The van der Waals surface area contributed by atoms with Gasteiger partial charge in [-0.2, -0.15) is 0 Å². The van der Waals surface area contributed by atoms with Crippen LogP contribution in [0.15, 0.2) is 24.3 Å². The number of urea groups is 1. The molecule has 0 radical (unpaired) electrons. The lowest BCUT2D eigenvalue weighted by molar-refractivity contribution is -0.138. The SMILES string of the molecule is CN(C)c1ccccc1NC(=O)NC(C)(C)CC(=O)O. The summed E-state index contributed by atoms with van der Waals surface area (Å²) in [5.74, 6) is -0.955. The quantitative estimate of drug-likeness (QED) is 0.771. The van der Waals surface area contributed by atoms with Crippen LogP contribution in [-0.2, 0) is 4.79 Å². The highest BCUT2D eigenvalue weighted by Crippen LogP contribution is 2.23. The monoisotopic (exact) mass is 279 g/mol. The number of nitrogens with one attached hydrogen (secondary N) is 2. The highest BCUT2D eigenvalue weighted by Gasteiger charge is 2.24. The number of nitrogens with zero attached hydrogens (tertiary/aromatic N) is 1. The molecule has 2 amide bonds. The van der Waals surface area contributed by atoms with Gasteiger partial charge in [0.2, 0.25) is 0 Å². The predicted octanol–water partition coefficient (Wildman–Crippen LogP) is 2.13. The summed E-state index contributed by atoms with van der Waals surface area (Å²) >= 11 is 0. The predicted molar refractivity (Wildman–Crippen MR) is 79.3 cm³/mol. The Balaban J connectivity index is 2.74. The average Bonchev–Trinajstić information content (AvgIpc) is 2.26. The van der Waals surface area contributed by atoms with E-state index in [0.717, 1.165) is 5.69 Å². The van der Waals surface area contributed by atoms with Crippen LogP contribution in [0.5, 0.6) is 0 Å². The summed E-state index contributed by atoms with van der Waals surface area (Å²) in [6, 6.07) is 6.96. The fourth-order valence-corrected chi connectivity index (χ4v) is 1.85. The molecule has 0 atom stereocenters. The van der Waals surface area contributed by atoms with E-state index < -0.39 is 17.5 Å². The van der Waals surface area contributed by atoms with E-state index in [1.54, 1.807) is 19.9 Å². The van der Waals surface area contributed by atoms with Gasteiger partial charge in [0.05, 0.1) is 17.8 Å². The van der Waals surface area contributed by atoms with Crippen molar-refractivity contribution in [1.82, 2.24) is 5.32 Å². The summed E-state index contributed by atoms with van der Waals surface area (Å²) in [5.41, 5.74) is 0.725. The first-order chi connectivity index (χ1) is 9.21. The van der Waals surface area contributed by atoms with Crippen molar-refractivity contribution in [3.8, 4) is 0 Å². The maximum absolute atomic E-state index is 12.0. The van der Waals surface area contributed by atoms with Gasteiger partial charge in [-0.15, -0.1) is 0 Å². The second-order valence-electron chi connectivity index (χ2n) is 5.45. The Labute approximate surface area is 118 Å². The molecular formula is C14H21N3O3. The second kappa shape index (κ2) is 6.27. The molecule has 3 N–H and O–H groups in total. The molecule has 0 spiro atoms. The molecule has 0 unspecified atom stereocenters. The second-order valence-corrected chi connectivity index (χ2v) is 5.45. The Kier molecular flexibility index (Phi) is 4.96. The molecule has 0 fully saturated rings. The number of carbonyl (C=O) groups excluding carboxylic acids is 1. The Morgan fingerprint density at radius 2 is 1.85 bits per heavy atom. The van der Waals surface area contributed by atoms with Crippen LogP contribution in [0.3, 0.4) is 0 Å². The van der Waals surface area contributed by atoms with Gasteiger partial charge < -0.3 is 20.6 Å². The molecule has 1 aromatic carbocycles. The summed E-state index contributed by atoms with van der Waals surface area (Å²) < 4.78 is 0. The molecule has 110 valence electrons. The van der Waals surface area contributed by atoms with Gasteiger partial charge in [0.25, 0.3) is 0 Å². The molecule has 0 aliphatic heterocycles. The zero-order valence-corrected chi connectivity index (χ0v) is 12.2. The van der Waals surface area contributed by atoms with Gasteiger partial charge in [0.1, 0.15) is 0 Å². The van der Waals surface area contributed by atoms with Crippen LogP contribution < -0.4 is 15.5 Å². The molecule has 0 saturated carbocycles. The van der Waals surface area contributed by atoms with Gasteiger partial charge in [0, 0.05) is 19.6 Å². The van der Waals surface area contributed by atoms with Gasteiger partial charge in [-0.3, -0.25) is 4.79 Å². The van der Waals surface area contributed by atoms with Crippen LogP contribution >= 0.6 is 0 Å². The third-order valence-corrected chi connectivity index (χ3v) is 2.68. The number of rotatable bonds is 5. The van der Waals surface area contributed by atoms with E-state index in [9.17, 15) is 9.59 Å². The Bertz CT molecular complexity index is 498. The minimum Gasteiger partial charge on any atom is -0.481 e. The molecule has 0 aromatic heterocycles. The van der Waals surface area contributed by atoms with E-state index >= 15 is 0 Å². The van der Waals surface area contributed by atoms with E-state index in [-0.39, 0.29) is 6.42 Å². The number of carboxylic acids is 1. The van der Waals surface area contributed by atoms with E-state index in [4.69, 9.17) is 5.11 Å². The summed E-state index contributed by atoms with van der Waals surface area (Å²) in [6.07, 6.45) is -0.143. The van der Waals surface area contributed by atoms with Crippen LogP contribution in [0, 0.1) is 0 Å². The lowest BCUT2D eigenvalue weighted by Gasteiger charge is -2.25. The molecule has 0 saturated heterocycles. The highest BCUT2D eigenvalue weighted by atomic mass is 16.4. The minimum atomic E-state index is -0.955. The van der Waals surface area contributed by atoms with E-state index in [1.807, 2.05) is 37.2 Å². The first kappa shape index (κ1) is 15.8. The summed E-state index contributed by atoms with van der Waals surface area (Å²) in [5, 5.41) is 14.2. The largest absolute Gasteiger partial charge is 0.481 e. The van der Waals surface area contributed by atoms with Crippen LogP contribution in [0.25, 0.3) is 0 Å². The Morgan fingerprint density at radius 3 is 2.40 bits per heavy atom. The van der Waals surface area contributed by atoms with Crippen molar-refractivity contribution in [2.75, 3.05) is 24.3 Å². The van der Waals surface area contributed by atoms with Crippen molar-refractivity contribution in [1.29, 1.82) is 0 Å². The number of para-hydroxylation sites is 2. The normalized spacial score (nSPS) is 10.8. The minimum absolute atomic E-state index is 0.143. The van der Waals surface area contributed by atoms with Gasteiger partial charge in [-0.25, -0.2) is 4.79 Å². The molecule has 0 aliphatic carbocycles. The van der Waals surface area contributed by atoms with Crippen molar-refractivity contribution < 1.29 is 14.7 Å². The van der Waals surface area contributed by atoms with Crippen molar-refractivity contribution in [3.05, 3.63) is 24.3 Å². The first-order valence-electron chi connectivity index (χ1n) is 6.28. The van der Waals surface area contributed by atoms with Crippen molar-refractivity contribution in [2.24, 2.45) is 0 Å². The van der Waals surface area contributed by atoms with Crippen LogP contribution in [0.4, 0.5) is 16.2 Å². The molecule has 0 bridgehead atoms. The summed E-state index contributed by atoms with van der Waals surface area (Å²) in [6.45, 7) is 3.33. The van der Waals surface area contributed by atoms with Gasteiger partial charge in [0.15, 0.2) is 0 Å². The zero-order valence-electron chi connectivity index (χ0n) is 12.2. The molecule has 0 heterocycles. The van der Waals surface area contributed by atoms with E-state index in [0.29, 0.717) is 5.69 Å².